The molecular formula is C11H11BrN2O4S2. The third kappa shape index (κ3) is 3.11. The summed E-state index contributed by atoms with van der Waals surface area (Å²) in [5.41, 5.74) is -0.0809. The summed E-state index contributed by atoms with van der Waals surface area (Å²) in [4.78, 5) is 11.7. The predicted molar refractivity (Wildman–Crippen MR) is 78.4 cm³/mol. The minimum atomic E-state index is -3.74. The molecule has 2 N–H and O–H groups in total. The van der Waals surface area contributed by atoms with Gasteiger partial charge in [0.05, 0.1) is 0 Å². The van der Waals surface area contributed by atoms with E-state index in [4.69, 9.17) is 5.11 Å². The molecule has 0 fully saturated rings. The van der Waals surface area contributed by atoms with Crippen LogP contribution >= 0.6 is 27.3 Å². The summed E-state index contributed by atoms with van der Waals surface area (Å²) in [6.07, 6.45) is 1.27. The number of thiophene rings is 1. The highest BCUT2D eigenvalue weighted by Crippen LogP contribution is 2.23. The van der Waals surface area contributed by atoms with Gasteiger partial charge in [0.25, 0.3) is 0 Å². The number of hydrogen-bond donors (Lipinski definition) is 2. The molecule has 2 aromatic heterocycles. The molecule has 0 atom stereocenters. The summed E-state index contributed by atoms with van der Waals surface area (Å²) >= 11 is 4.74. The number of nitrogens with one attached hydrogen (secondary N) is 1. The highest BCUT2D eigenvalue weighted by atomic mass is 79.9. The lowest BCUT2D eigenvalue weighted by Gasteiger charge is -2.03. The van der Waals surface area contributed by atoms with Crippen molar-refractivity contribution in [3.05, 3.63) is 38.8 Å². The SMILES string of the molecule is Cn1cc(S(=O)(=O)NCc2sccc2Br)cc1C(=O)O. The second kappa shape index (κ2) is 5.68. The predicted octanol–water partition coefficient (Wildman–Crippen LogP) is 2.03. The van der Waals surface area contributed by atoms with Crippen molar-refractivity contribution in [3.8, 4) is 0 Å². The van der Waals surface area contributed by atoms with Crippen LogP contribution in [0.25, 0.3) is 0 Å². The molecule has 20 heavy (non-hydrogen) atoms. The molecule has 0 saturated heterocycles. The monoisotopic (exact) mass is 378 g/mol. The van der Waals surface area contributed by atoms with Crippen LogP contribution in [0, 0.1) is 0 Å². The molecular weight excluding hydrogens is 368 g/mol. The molecule has 2 heterocycles. The molecule has 0 saturated carbocycles. The zero-order valence-corrected chi connectivity index (χ0v) is 13.5. The average molecular weight is 379 g/mol. The van der Waals surface area contributed by atoms with Crippen molar-refractivity contribution in [1.29, 1.82) is 0 Å². The third-order valence-corrected chi connectivity index (χ3v) is 5.92. The normalized spacial score (nSPS) is 11.7. The number of carboxylic acids is 1. The number of sulfonamides is 1. The number of hydrogen-bond acceptors (Lipinski definition) is 4. The van der Waals surface area contributed by atoms with Gasteiger partial charge >= 0.3 is 5.97 Å². The average Bonchev–Trinajstić information content (AvgIpc) is 2.93. The van der Waals surface area contributed by atoms with Gasteiger partial charge in [-0.2, -0.15) is 0 Å². The van der Waals surface area contributed by atoms with Crippen LogP contribution in [0.3, 0.4) is 0 Å². The van der Waals surface area contributed by atoms with E-state index < -0.39 is 16.0 Å². The summed E-state index contributed by atoms with van der Waals surface area (Å²) in [5, 5.41) is 10.8. The van der Waals surface area contributed by atoms with E-state index >= 15 is 0 Å². The first-order valence-corrected chi connectivity index (χ1v) is 8.58. The minimum Gasteiger partial charge on any atom is -0.477 e. The number of aromatic nitrogens is 1. The van der Waals surface area contributed by atoms with Crippen molar-refractivity contribution >= 4 is 43.3 Å². The first-order chi connectivity index (χ1) is 9.31. The summed E-state index contributed by atoms with van der Waals surface area (Å²) in [7, 11) is -2.25. The van der Waals surface area contributed by atoms with Gasteiger partial charge in [0.15, 0.2) is 0 Å². The molecule has 0 spiro atoms. The lowest BCUT2D eigenvalue weighted by molar-refractivity contribution is 0.0686. The van der Waals surface area contributed by atoms with Gasteiger partial charge < -0.3 is 9.67 Å². The van der Waals surface area contributed by atoms with Gasteiger partial charge in [0.2, 0.25) is 10.0 Å². The molecule has 6 nitrogen and oxygen atoms in total. The zero-order valence-electron chi connectivity index (χ0n) is 10.3. The van der Waals surface area contributed by atoms with Crippen LogP contribution in [0.15, 0.2) is 33.1 Å². The fraction of sp³-hybridized carbons (Fsp3) is 0.182. The van der Waals surface area contributed by atoms with Crippen molar-refractivity contribution in [2.75, 3.05) is 0 Å². The van der Waals surface area contributed by atoms with E-state index in [1.165, 1.54) is 29.1 Å². The maximum absolute atomic E-state index is 12.1. The number of aryl methyl sites for hydroxylation is 1. The number of halogens is 1. The maximum atomic E-state index is 12.1. The quantitative estimate of drug-likeness (QED) is 0.832. The van der Waals surface area contributed by atoms with Crippen LogP contribution in [0.1, 0.15) is 15.4 Å². The molecule has 0 aromatic carbocycles. The maximum Gasteiger partial charge on any atom is 0.352 e. The number of nitrogens with zero attached hydrogens (tertiary/aromatic N) is 1. The molecule has 2 rings (SSSR count). The van der Waals surface area contributed by atoms with E-state index in [1.807, 2.05) is 11.4 Å². The van der Waals surface area contributed by atoms with Gasteiger partial charge in [-0.3, -0.25) is 0 Å². The zero-order chi connectivity index (χ0) is 14.9. The van der Waals surface area contributed by atoms with Crippen LogP contribution in [0.5, 0.6) is 0 Å². The summed E-state index contributed by atoms with van der Waals surface area (Å²) in [6.45, 7) is 0.151. The molecule has 0 aliphatic carbocycles. The molecule has 0 aliphatic heterocycles. The fourth-order valence-corrected chi connectivity index (χ4v) is 4.18. The van der Waals surface area contributed by atoms with Crippen molar-refractivity contribution in [2.24, 2.45) is 7.05 Å². The Hall–Kier alpha value is -1.16. The Balaban J connectivity index is 2.20. The molecule has 9 heteroatoms. The number of aromatic carboxylic acids is 1. The number of carboxylic acid groups (broad SMARTS) is 1. The van der Waals surface area contributed by atoms with E-state index in [-0.39, 0.29) is 17.1 Å². The molecule has 0 unspecified atom stereocenters. The third-order valence-electron chi connectivity index (χ3n) is 2.62. The van der Waals surface area contributed by atoms with E-state index in [1.54, 1.807) is 0 Å². The van der Waals surface area contributed by atoms with Gasteiger partial charge in [-0.15, -0.1) is 11.3 Å². The van der Waals surface area contributed by atoms with Gasteiger partial charge in [0.1, 0.15) is 10.6 Å². The second-order valence-corrected chi connectivity index (χ2v) is 7.62. The first kappa shape index (κ1) is 15.2. The van der Waals surface area contributed by atoms with Gasteiger partial charge in [-0.1, -0.05) is 0 Å². The standard InChI is InChI=1S/C11H11BrN2O4S2/c1-14-6-7(4-9(14)11(15)16)20(17,18)13-5-10-8(12)2-3-19-10/h2-4,6,13H,5H2,1H3,(H,15,16). The topological polar surface area (TPSA) is 88.4 Å². The summed E-state index contributed by atoms with van der Waals surface area (Å²) in [5.74, 6) is -1.17. The number of carbonyl (C=O) groups is 1. The van der Waals surface area contributed by atoms with E-state index in [9.17, 15) is 13.2 Å². The Morgan fingerprint density at radius 3 is 2.75 bits per heavy atom. The highest BCUT2D eigenvalue weighted by molar-refractivity contribution is 9.10. The Bertz CT molecular complexity index is 748. The Kier molecular flexibility index (Phi) is 4.33. The minimum absolute atomic E-state index is 0.0647. The van der Waals surface area contributed by atoms with Crippen molar-refractivity contribution in [1.82, 2.24) is 9.29 Å². The van der Waals surface area contributed by atoms with Crippen LogP contribution in [0.2, 0.25) is 0 Å². The summed E-state index contributed by atoms with van der Waals surface area (Å²) < 4.78 is 28.7. The van der Waals surface area contributed by atoms with Crippen LogP contribution < -0.4 is 4.72 Å². The molecule has 0 bridgehead atoms. The lowest BCUT2D eigenvalue weighted by atomic mass is 10.4. The molecule has 2 aromatic rings. The smallest absolute Gasteiger partial charge is 0.352 e. The molecule has 0 amide bonds. The Morgan fingerprint density at radius 2 is 2.25 bits per heavy atom. The number of rotatable bonds is 5. The van der Waals surface area contributed by atoms with Crippen LogP contribution in [-0.2, 0) is 23.6 Å². The Morgan fingerprint density at radius 1 is 1.55 bits per heavy atom. The first-order valence-electron chi connectivity index (χ1n) is 5.42. The Labute approximate surface area is 128 Å². The van der Waals surface area contributed by atoms with Gasteiger partial charge in [-0.25, -0.2) is 17.9 Å². The van der Waals surface area contributed by atoms with Crippen LogP contribution in [0.4, 0.5) is 0 Å². The second-order valence-electron chi connectivity index (χ2n) is 3.99. The van der Waals surface area contributed by atoms with E-state index in [0.717, 1.165) is 15.4 Å². The molecule has 108 valence electrons. The largest absolute Gasteiger partial charge is 0.477 e. The highest BCUT2D eigenvalue weighted by Gasteiger charge is 2.20. The van der Waals surface area contributed by atoms with Crippen LogP contribution in [-0.4, -0.2) is 24.1 Å². The van der Waals surface area contributed by atoms with Gasteiger partial charge in [0, 0.05) is 29.1 Å². The van der Waals surface area contributed by atoms with Crippen molar-refractivity contribution in [3.63, 3.8) is 0 Å². The molecule has 0 aliphatic rings. The lowest BCUT2D eigenvalue weighted by Crippen LogP contribution is -2.22. The van der Waals surface area contributed by atoms with E-state index in [2.05, 4.69) is 20.7 Å². The fourth-order valence-electron chi connectivity index (χ4n) is 1.59. The van der Waals surface area contributed by atoms with Crippen molar-refractivity contribution in [2.45, 2.75) is 11.4 Å². The molecule has 0 radical (unpaired) electrons. The summed E-state index contributed by atoms with van der Waals surface area (Å²) in [6, 6.07) is 2.97. The van der Waals surface area contributed by atoms with E-state index in [0.29, 0.717) is 0 Å². The van der Waals surface area contributed by atoms with Crippen molar-refractivity contribution < 1.29 is 18.3 Å². The van der Waals surface area contributed by atoms with Gasteiger partial charge in [-0.05, 0) is 33.4 Å².